The Morgan fingerprint density at radius 3 is 2.82 bits per heavy atom. The highest BCUT2D eigenvalue weighted by Gasteiger charge is 2.09. The summed E-state index contributed by atoms with van der Waals surface area (Å²) in [5, 5.41) is 4.23. The first-order chi connectivity index (χ1) is 13.7. The molecule has 0 saturated heterocycles. The molecule has 6 nitrogen and oxygen atoms in total. The number of halogens is 1. The van der Waals surface area contributed by atoms with Crippen molar-refractivity contribution in [2.24, 2.45) is 0 Å². The first-order valence-electron chi connectivity index (χ1n) is 8.61. The molecule has 0 aliphatic heterocycles. The zero-order valence-electron chi connectivity index (χ0n) is 15.3. The lowest BCUT2D eigenvalue weighted by atomic mass is 10.3. The van der Waals surface area contributed by atoms with Crippen LogP contribution in [0.4, 0.5) is 0 Å². The predicted molar refractivity (Wildman–Crippen MR) is 111 cm³/mol. The normalized spacial score (nSPS) is 10.5. The number of ether oxygens (including phenoxy) is 2. The van der Waals surface area contributed by atoms with Crippen molar-refractivity contribution in [3.8, 4) is 17.2 Å². The van der Waals surface area contributed by atoms with E-state index in [0.717, 1.165) is 16.6 Å². The van der Waals surface area contributed by atoms with E-state index in [9.17, 15) is 4.79 Å². The van der Waals surface area contributed by atoms with Gasteiger partial charge in [0, 0.05) is 23.5 Å². The van der Waals surface area contributed by atoms with Gasteiger partial charge < -0.3 is 14.8 Å². The Kier molecular flexibility index (Phi) is 7.22. The molecule has 146 valence electrons. The largest absolute Gasteiger partial charge is 0.497 e. The van der Waals surface area contributed by atoms with E-state index < -0.39 is 0 Å². The summed E-state index contributed by atoms with van der Waals surface area (Å²) < 4.78 is 12.7. The molecule has 0 fully saturated rings. The standard InChI is InChI=1S/C20H20ClN3O3S/c1-26-18-4-2-3-16(13-18)24-11-9-23-20(24)28-14-19(25)22-10-12-27-17-7-5-15(21)6-8-17/h2-9,11,13H,10,12,14H2,1H3,(H,22,25). The molecule has 0 saturated carbocycles. The lowest BCUT2D eigenvalue weighted by Gasteiger charge is -2.10. The molecule has 0 radical (unpaired) electrons. The van der Waals surface area contributed by atoms with Crippen LogP contribution < -0.4 is 14.8 Å². The molecule has 0 spiro atoms. The number of rotatable bonds is 9. The molecule has 1 N–H and O–H groups in total. The summed E-state index contributed by atoms with van der Waals surface area (Å²) in [5.74, 6) is 1.67. The van der Waals surface area contributed by atoms with Crippen molar-refractivity contribution in [3.63, 3.8) is 0 Å². The van der Waals surface area contributed by atoms with Gasteiger partial charge in [-0.3, -0.25) is 9.36 Å². The van der Waals surface area contributed by atoms with Crippen molar-refractivity contribution in [1.82, 2.24) is 14.9 Å². The molecule has 0 atom stereocenters. The Bertz CT molecular complexity index is 915. The van der Waals surface area contributed by atoms with Gasteiger partial charge in [0.2, 0.25) is 5.91 Å². The van der Waals surface area contributed by atoms with Gasteiger partial charge in [0.1, 0.15) is 18.1 Å². The van der Waals surface area contributed by atoms with Crippen molar-refractivity contribution in [1.29, 1.82) is 0 Å². The van der Waals surface area contributed by atoms with Crippen LogP contribution in [0.3, 0.4) is 0 Å². The van der Waals surface area contributed by atoms with Gasteiger partial charge in [-0.15, -0.1) is 0 Å². The smallest absolute Gasteiger partial charge is 0.230 e. The highest BCUT2D eigenvalue weighted by Crippen LogP contribution is 2.23. The van der Waals surface area contributed by atoms with Crippen LogP contribution in [0, 0.1) is 0 Å². The minimum absolute atomic E-state index is 0.0788. The molecule has 0 aliphatic carbocycles. The van der Waals surface area contributed by atoms with Crippen LogP contribution in [0.15, 0.2) is 66.1 Å². The zero-order chi connectivity index (χ0) is 19.8. The van der Waals surface area contributed by atoms with Gasteiger partial charge in [-0.05, 0) is 36.4 Å². The maximum Gasteiger partial charge on any atom is 0.230 e. The third-order valence-electron chi connectivity index (χ3n) is 3.78. The number of benzene rings is 2. The minimum atomic E-state index is -0.0788. The maximum absolute atomic E-state index is 12.1. The van der Waals surface area contributed by atoms with Crippen LogP contribution in [0.25, 0.3) is 5.69 Å². The molecule has 8 heteroatoms. The van der Waals surface area contributed by atoms with Crippen LogP contribution in [0.1, 0.15) is 0 Å². The van der Waals surface area contributed by atoms with Gasteiger partial charge in [-0.1, -0.05) is 29.4 Å². The number of thioether (sulfide) groups is 1. The second-order valence-corrected chi connectivity index (χ2v) is 7.10. The van der Waals surface area contributed by atoms with Crippen LogP contribution in [0.2, 0.25) is 5.02 Å². The van der Waals surface area contributed by atoms with Gasteiger partial charge in [0.15, 0.2) is 5.16 Å². The molecule has 0 aliphatic rings. The van der Waals surface area contributed by atoms with E-state index in [2.05, 4.69) is 10.3 Å². The fraction of sp³-hybridized carbons (Fsp3) is 0.200. The van der Waals surface area contributed by atoms with Gasteiger partial charge in [-0.2, -0.15) is 0 Å². The molecular weight excluding hydrogens is 398 g/mol. The number of nitrogens with zero attached hydrogens (tertiary/aromatic N) is 2. The second kappa shape index (κ2) is 10.1. The minimum Gasteiger partial charge on any atom is -0.497 e. The highest BCUT2D eigenvalue weighted by atomic mass is 35.5. The lowest BCUT2D eigenvalue weighted by molar-refractivity contribution is -0.118. The van der Waals surface area contributed by atoms with Gasteiger partial charge in [0.05, 0.1) is 25.1 Å². The number of hydrogen-bond donors (Lipinski definition) is 1. The molecule has 3 rings (SSSR count). The summed E-state index contributed by atoms with van der Waals surface area (Å²) in [6, 6.07) is 14.8. The first-order valence-corrected chi connectivity index (χ1v) is 9.98. The summed E-state index contributed by atoms with van der Waals surface area (Å²) in [7, 11) is 1.63. The molecule has 2 aromatic carbocycles. The summed E-state index contributed by atoms with van der Waals surface area (Å²) in [5.41, 5.74) is 0.927. The quantitative estimate of drug-likeness (QED) is 0.423. The van der Waals surface area contributed by atoms with Gasteiger partial charge in [-0.25, -0.2) is 4.98 Å². The van der Waals surface area contributed by atoms with Crippen molar-refractivity contribution in [2.45, 2.75) is 5.16 Å². The number of aromatic nitrogens is 2. The van der Waals surface area contributed by atoms with E-state index in [1.54, 1.807) is 37.6 Å². The van der Waals surface area contributed by atoms with E-state index in [0.29, 0.717) is 23.9 Å². The van der Waals surface area contributed by atoms with Crippen LogP contribution in [-0.4, -0.2) is 41.5 Å². The van der Waals surface area contributed by atoms with E-state index in [4.69, 9.17) is 21.1 Å². The van der Waals surface area contributed by atoms with Crippen molar-refractivity contribution in [2.75, 3.05) is 26.0 Å². The molecule has 1 aromatic heterocycles. The second-order valence-electron chi connectivity index (χ2n) is 5.72. The fourth-order valence-corrected chi connectivity index (χ4v) is 3.35. The highest BCUT2D eigenvalue weighted by molar-refractivity contribution is 7.99. The Labute approximate surface area is 172 Å². The Morgan fingerprint density at radius 1 is 1.21 bits per heavy atom. The van der Waals surface area contributed by atoms with E-state index >= 15 is 0 Å². The third kappa shape index (κ3) is 5.68. The third-order valence-corrected chi connectivity index (χ3v) is 5.00. The monoisotopic (exact) mass is 417 g/mol. The maximum atomic E-state index is 12.1. The lowest BCUT2D eigenvalue weighted by Crippen LogP contribution is -2.29. The number of carbonyl (C=O) groups excluding carboxylic acids is 1. The molecule has 1 amide bonds. The fourth-order valence-electron chi connectivity index (χ4n) is 2.42. The summed E-state index contributed by atoms with van der Waals surface area (Å²) in [6.45, 7) is 0.808. The molecular formula is C20H20ClN3O3S. The van der Waals surface area contributed by atoms with Crippen molar-refractivity contribution in [3.05, 3.63) is 65.9 Å². The molecule has 0 bridgehead atoms. The summed E-state index contributed by atoms with van der Waals surface area (Å²) in [6.07, 6.45) is 3.56. The van der Waals surface area contributed by atoms with Crippen molar-refractivity contribution < 1.29 is 14.3 Å². The molecule has 0 unspecified atom stereocenters. The number of hydrogen-bond acceptors (Lipinski definition) is 5. The van der Waals surface area contributed by atoms with E-state index in [-0.39, 0.29) is 11.7 Å². The van der Waals surface area contributed by atoms with Crippen LogP contribution in [0.5, 0.6) is 11.5 Å². The Balaban J connectivity index is 1.45. The van der Waals surface area contributed by atoms with Gasteiger partial charge >= 0.3 is 0 Å². The summed E-state index contributed by atoms with van der Waals surface area (Å²) in [4.78, 5) is 16.4. The number of imidazole rings is 1. The van der Waals surface area contributed by atoms with Crippen LogP contribution >= 0.6 is 23.4 Å². The predicted octanol–water partition coefficient (Wildman–Crippen LogP) is 3.82. The number of methoxy groups -OCH3 is 1. The Morgan fingerprint density at radius 2 is 2.04 bits per heavy atom. The Hall–Kier alpha value is -2.64. The number of carbonyl (C=O) groups is 1. The summed E-state index contributed by atoms with van der Waals surface area (Å²) >= 11 is 7.20. The van der Waals surface area contributed by atoms with Gasteiger partial charge in [0.25, 0.3) is 0 Å². The SMILES string of the molecule is COc1cccc(-n2ccnc2SCC(=O)NCCOc2ccc(Cl)cc2)c1. The average Bonchev–Trinajstić information content (AvgIpc) is 3.20. The number of amides is 1. The average molecular weight is 418 g/mol. The zero-order valence-corrected chi connectivity index (χ0v) is 16.9. The molecule has 3 aromatic rings. The molecule has 1 heterocycles. The van der Waals surface area contributed by atoms with Crippen LogP contribution in [-0.2, 0) is 4.79 Å². The molecule has 28 heavy (non-hydrogen) atoms. The van der Waals surface area contributed by atoms with Crippen molar-refractivity contribution >= 4 is 29.3 Å². The van der Waals surface area contributed by atoms with E-state index in [1.165, 1.54) is 11.8 Å². The first kappa shape index (κ1) is 20.1. The number of nitrogens with one attached hydrogen (secondary N) is 1. The van der Waals surface area contributed by atoms with E-state index in [1.807, 2.05) is 35.0 Å². The topological polar surface area (TPSA) is 65.4 Å².